The van der Waals surface area contributed by atoms with Crippen LogP contribution in [-0.2, 0) is 4.79 Å². The van der Waals surface area contributed by atoms with Crippen molar-refractivity contribution in [3.63, 3.8) is 0 Å². The Balaban J connectivity index is 3.56. The summed E-state index contributed by atoms with van der Waals surface area (Å²) in [5, 5.41) is 22.9. The second kappa shape index (κ2) is 47.4. The van der Waals surface area contributed by atoms with Crippen molar-refractivity contribution in [1.29, 1.82) is 0 Å². The molecule has 0 aliphatic rings. The van der Waals surface area contributed by atoms with Gasteiger partial charge in [0.05, 0.1) is 18.8 Å². The lowest BCUT2D eigenvalue weighted by molar-refractivity contribution is -0.123. The highest BCUT2D eigenvalue weighted by molar-refractivity contribution is 5.76. The van der Waals surface area contributed by atoms with Crippen LogP contribution >= 0.6 is 0 Å². The maximum Gasteiger partial charge on any atom is 0.220 e. The molecule has 0 saturated carbocycles. The van der Waals surface area contributed by atoms with Gasteiger partial charge in [0, 0.05) is 6.42 Å². The van der Waals surface area contributed by atoms with Crippen LogP contribution in [0.4, 0.5) is 0 Å². The van der Waals surface area contributed by atoms with Crippen LogP contribution in [-0.4, -0.2) is 34.9 Å². The van der Waals surface area contributed by atoms with E-state index in [4.69, 9.17) is 0 Å². The smallest absolute Gasteiger partial charge is 0.220 e. The molecule has 1 amide bonds. The van der Waals surface area contributed by atoms with Gasteiger partial charge in [0.2, 0.25) is 5.91 Å². The Morgan fingerprint density at radius 3 is 1.23 bits per heavy atom. The predicted molar refractivity (Wildman–Crippen MR) is 253 cm³/mol. The number of unbranched alkanes of at least 4 members (excludes halogenated alkanes) is 18. The van der Waals surface area contributed by atoms with Crippen molar-refractivity contribution in [2.75, 3.05) is 6.61 Å². The minimum Gasteiger partial charge on any atom is -0.394 e. The van der Waals surface area contributed by atoms with Gasteiger partial charge in [-0.3, -0.25) is 4.79 Å². The lowest BCUT2D eigenvalue weighted by Crippen LogP contribution is -2.45. The molecule has 0 aromatic heterocycles. The third-order valence-electron chi connectivity index (χ3n) is 9.99. The molecule has 3 N–H and O–H groups in total. The molecule has 0 bridgehead atoms. The summed E-state index contributed by atoms with van der Waals surface area (Å²) in [6.07, 6.45) is 72.2. The predicted octanol–water partition coefficient (Wildman–Crippen LogP) is 15.2. The summed E-state index contributed by atoms with van der Waals surface area (Å²) >= 11 is 0. The molecule has 2 unspecified atom stereocenters. The van der Waals surface area contributed by atoms with Gasteiger partial charge < -0.3 is 15.5 Å². The van der Waals surface area contributed by atoms with Crippen LogP contribution in [0, 0.1) is 0 Å². The molecule has 0 aromatic rings. The molecule has 0 radical (unpaired) electrons. The summed E-state index contributed by atoms with van der Waals surface area (Å²) in [6.45, 7) is 4.13. The Morgan fingerprint density at radius 1 is 0.439 bits per heavy atom. The highest BCUT2D eigenvalue weighted by Gasteiger charge is 2.17. The Hall–Kier alpha value is -2.95. The van der Waals surface area contributed by atoms with Gasteiger partial charge in [0.1, 0.15) is 0 Å². The molecule has 4 heteroatoms. The summed E-state index contributed by atoms with van der Waals surface area (Å²) in [7, 11) is 0. The molecule has 0 spiro atoms. The summed E-state index contributed by atoms with van der Waals surface area (Å²) in [5.41, 5.74) is 0. The molecule has 0 saturated heterocycles. The average molecular weight is 788 g/mol. The van der Waals surface area contributed by atoms with Crippen molar-refractivity contribution >= 4 is 5.91 Å². The van der Waals surface area contributed by atoms with Gasteiger partial charge in [-0.05, 0) is 89.9 Å². The number of carbonyl (C=O) groups is 1. The van der Waals surface area contributed by atoms with Crippen molar-refractivity contribution in [3.05, 3.63) is 109 Å². The number of aliphatic hydroxyl groups is 2. The van der Waals surface area contributed by atoms with E-state index in [9.17, 15) is 15.0 Å². The van der Waals surface area contributed by atoms with Gasteiger partial charge in [0.15, 0.2) is 0 Å². The molecule has 0 aromatic carbocycles. The van der Waals surface area contributed by atoms with E-state index in [0.717, 1.165) is 77.0 Å². The number of allylic oxidation sites excluding steroid dienone is 17. The van der Waals surface area contributed by atoms with Gasteiger partial charge in [-0.1, -0.05) is 213 Å². The highest BCUT2D eigenvalue weighted by atomic mass is 16.3. The van der Waals surface area contributed by atoms with Crippen molar-refractivity contribution < 1.29 is 15.0 Å². The summed E-state index contributed by atoms with van der Waals surface area (Å²) in [6, 6.07) is -0.643. The Labute approximate surface area is 353 Å². The van der Waals surface area contributed by atoms with Gasteiger partial charge >= 0.3 is 0 Å². The van der Waals surface area contributed by atoms with E-state index in [1.807, 2.05) is 6.08 Å². The second-order valence-electron chi connectivity index (χ2n) is 15.4. The second-order valence-corrected chi connectivity index (χ2v) is 15.4. The minimum absolute atomic E-state index is 0.0826. The molecule has 0 rings (SSSR count). The van der Waals surface area contributed by atoms with E-state index in [1.54, 1.807) is 6.08 Å². The maximum absolute atomic E-state index is 12.4. The van der Waals surface area contributed by atoms with Crippen molar-refractivity contribution in [1.82, 2.24) is 5.32 Å². The van der Waals surface area contributed by atoms with Crippen LogP contribution in [0.1, 0.15) is 200 Å². The number of amides is 1. The largest absolute Gasteiger partial charge is 0.394 e. The molecule has 4 nitrogen and oxygen atoms in total. The summed E-state index contributed by atoms with van der Waals surface area (Å²) < 4.78 is 0. The number of nitrogens with one attached hydrogen (secondary N) is 1. The van der Waals surface area contributed by atoms with E-state index in [0.29, 0.717) is 6.42 Å². The fourth-order valence-corrected chi connectivity index (χ4v) is 6.41. The van der Waals surface area contributed by atoms with Crippen LogP contribution in [0.3, 0.4) is 0 Å². The van der Waals surface area contributed by atoms with Crippen molar-refractivity contribution in [2.24, 2.45) is 0 Å². The van der Waals surface area contributed by atoms with Crippen LogP contribution in [0.2, 0.25) is 0 Å². The molecular formula is C53H89NO3. The zero-order chi connectivity index (χ0) is 41.4. The number of hydrogen-bond acceptors (Lipinski definition) is 3. The van der Waals surface area contributed by atoms with Crippen LogP contribution < -0.4 is 5.32 Å². The molecule has 0 heterocycles. The van der Waals surface area contributed by atoms with Crippen LogP contribution in [0.5, 0.6) is 0 Å². The number of rotatable bonds is 41. The van der Waals surface area contributed by atoms with E-state index >= 15 is 0 Å². The van der Waals surface area contributed by atoms with Crippen molar-refractivity contribution in [2.45, 2.75) is 212 Å². The molecule has 0 aliphatic carbocycles. The molecular weight excluding hydrogens is 699 g/mol. The summed E-state index contributed by atoms with van der Waals surface area (Å²) in [5.74, 6) is -0.0826. The number of hydrogen-bond donors (Lipinski definition) is 3. The fourth-order valence-electron chi connectivity index (χ4n) is 6.41. The Kier molecular flexibility index (Phi) is 45.0. The quantitative estimate of drug-likeness (QED) is 0.0427. The van der Waals surface area contributed by atoms with E-state index < -0.39 is 12.1 Å². The number of aliphatic hydroxyl groups excluding tert-OH is 2. The topological polar surface area (TPSA) is 69.6 Å². The first-order valence-electron chi connectivity index (χ1n) is 23.6. The van der Waals surface area contributed by atoms with E-state index in [2.05, 4.69) is 116 Å². The van der Waals surface area contributed by atoms with Gasteiger partial charge in [-0.25, -0.2) is 0 Å². The molecule has 2 atom stereocenters. The Bertz CT molecular complexity index is 1120. The standard InChI is InChI=1S/C53H89NO3/c1-3-5-7-9-11-13-15-16-17-18-19-20-21-22-23-24-25-26-27-28-29-30-31-32-33-34-35-36-37-38-39-41-43-45-47-49-53(57)54-51(50-55)52(56)48-46-44-42-40-14-12-10-8-6-4-2/h5,7,11,13-14,16-17,19-20,22-23,25-26,28-29,40,46,48,51-52,55-56H,3-4,6,8-10,12,15,18,21,24,27,30-39,41-45,47,49-50H2,1-2H3,(H,54,57)/b7-5-,13-11-,17-16-,20-19-,23-22-,26-25-,29-28-,40-14+,48-46+. The van der Waals surface area contributed by atoms with Gasteiger partial charge in [0.25, 0.3) is 0 Å². The number of carbonyl (C=O) groups excluding carboxylic acids is 1. The first-order valence-corrected chi connectivity index (χ1v) is 23.6. The fraction of sp³-hybridized carbons (Fsp3) is 0.642. The highest BCUT2D eigenvalue weighted by Crippen LogP contribution is 2.14. The zero-order valence-corrected chi connectivity index (χ0v) is 37.1. The normalized spacial score (nSPS) is 14.0. The summed E-state index contributed by atoms with van der Waals surface area (Å²) in [4.78, 5) is 12.4. The maximum atomic E-state index is 12.4. The van der Waals surface area contributed by atoms with E-state index in [1.165, 1.54) is 103 Å². The van der Waals surface area contributed by atoms with Crippen LogP contribution in [0.15, 0.2) is 109 Å². The molecule has 0 fully saturated rings. The third kappa shape index (κ3) is 44.0. The molecule has 324 valence electrons. The van der Waals surface area contributed by atoms with Gasteiger partial charge in [-0.2, -0.15) is 0 Å². The molecule has 0 aliphatic heterocycles. The molecule has 57 heavy (non-hydrogen) atoms. The third-order valence-corrected chi connectivity index (χ3v) is 9.99. The van der Waals surface area contributed by atoms with Gasteiger partial charge in [-0.15, -0.1) is 0 Å². The zero-order valence-electron chi connectivity index (χ0n) is 37.1. The first-order chi connectivity index (χ1) is 28.2. The lowest BCUT2D eigenvalue weighted by atomic mass is 10.0. The van der Waals surface area contributed by atoms with E-state index in [-0.39, 0.29) is 12.5 Å². The lowest BCUT2D eigenvalue weighted by Gasteiger charge is -2.19. The monoisotopic (exact) mass is 788 g/mol. The SMILES string of the molecule is CC/C=C\C/C=C\C/C=C\C/C=C\C/C=C\C/C=C\C/C=C\CCCCCCCCCCCCCCCC(=O)NC(CO)C(O)/C=C/CC/C=C/CCCCCC. The van der Waals surface area contributed by atoms with Crippen molar-refractivity contribution in [3.8, 4) is 0 Å². The Morgan fingerprint density at radius 2 is 0.789 bits per heavy atom. The van der Waals surface area contributed by atoms with Crippen LogP contribution in [0.25, 0.3) is 0 Å². The minimum atomic E-state index is -0.866. The average Bonchev–Trinajstić information content (AvgIpc) is 3.22. The first kappa shape index (κ1) is 54.0.